The lowest BCUT2D eigenvalue weighted by Gasteiger charge is -2.24. The van der Waals surface area contributed by atoms with Crippen LogP contribution in [-0.2, 0) is 0 Å². The highest BCUT2D eigenvalue weighted by Gasteiger charge is 2.09. The normalized spacial score (nSPS) is 18.8. The molecule has 1 rings (SSSR count). The van der Waals surface area contributed by atoms with Gasteiger partial charge in [-0.25, -0.2) is 0 Å². The fourth-order valence-electron chi connectivity index (χ4n) is 1.58. The number of hydrogen-bond acceptors (Lipinski definition) is 2. The lowest BCUT2D eigenvalue weighted by Crippen LogP contribution is -2.29. The zero-order valence-corrected chi connectivity index (χ0v) is 9.59. The van der Waals surface area contributed by atoms with Gasteiger partial charge in [0, 0.05) is 24.2 Å². The van der Waals surface area contributed by atoms with Crippen LogP contribution in [0.4, 0.5) is 0 Å². The van der Waals surface area contributed by atoms with E-state index in [0.29, 0.717) is 6.61 Å². The number of aliphatic hydroxyl groups excluding tert-OH is 1. The highest BCUT2D eigenvalue weighted by molar-refractivity contribution is 9.11. The molecule has 0 radical (unpaired) electrons. The van der Waals surface area contributed by atoms with Crippen LogP contribution in [0.1, 0.15) is 25.7 Å². The lowest BCUT2D eigenvalue weighted by atomic mass is 10.2. The molecule has 0 aromatic carbocycles. The van der Waals surface area contributed by atoms with Gasteiger partial charge in [-0.2, -0.15) is 0 Å². The summed E-state index contributed by atoms with van der Waals surface area (Å²) in [5.41, 5.74) is 0. The van der Waals surface area contributed by atoms with Crippen LogP contribution >= 0.6 is 15.9 Å². The van der Waals surface area contributed by atoms with Gasteiger partial charge in [-0.05, 0) is 32.2 Å². The standard InChI is InChI=1S/C10H18BrNO/c11-10-5-4-7-12(9-10)6-2-1-3-8-13/h5,13H,1-4,6-9H2. The summed E-state index contributed by atoms with van der Waals surface area (Å²) in [6.45, 7) is 3.76. The number of unbranched alkanes of at least 4 members (excludes halogenated alkanes) is 2. The van der Waals surface area contributed by atoms with Crippen molar-refractivity contribution < 1.29 is 5.11 Å². The van der Waals surface area contributed by atoms with Gasteiger partial charge in [-0.3, -0.25) is 4.90 Å². The summed E-state index contributed by atoms with van der Waals surface area (Å²) in [7, 11) is 0. The molecule has 0 aliphatic carbocycles. The van der Waals surface area contributed by atoms with E-state index < -0.39 is 0 Å². The molecule has 0 fully saturated rings. The van der Waals surface area contributed by atoms with Gasteiger partial charge in [-0.15, -0.1) is 0 Å². The molecule has 0 atom stereocenters. The van der Waals surface area contributed by atoms with Crippen LogP contribution in [0.15, 0.2) is 10.6 Å². The van der Waals surface area contributed by atoms with E-state index in [4.69, 9.17) is 5.11 Å². The minimum atomic E-state index is 0.337. The first-order valence-electron chi connectivity index (χ1n) is 5.00. The summed E-state index contributed by atoms with van der Waals surface area (Å²) >= 11 is 3.53. The first kappa shape index (κ1) is 11.2. The number of aliphatic hydroxyl groups is 1. The molecule has 0 aromatic heterocycles. The topological polar surface area (TPSA) is 23.5 Å². The van der Waals surface area contributed by atoms with Crippen molar-refractivity contribution in [2.75, 3.05) is 26.2 Å². The average Bonchev–Trinajstić information content (AvgIpc) is 2.13. The summed E-state index contributed by atoms with van der Waals surface area (Å²) < 4.78 is 1.32. The summed E-state index contributed by atoms with van der Waals surface area (Å²) in [5.74, 6) is 0. The van der Waals surface area contributed by atoms with Gasteiger partial charge < -0.3 is 5.11 Å². The Bertz CT molecular complexity index is 170. The van der Waals surface area contributed by atoms with Crippen LogP contribution in [0.2, 0.25) is 0 Å². The van der Waals surface area contributed by atoms with Gasteiger partial charge in [0.1, 0.15) is 0 Å². The largest absolute Gasteiger partial charge is 0.396 e. The summed E-state index contributed by atoms with van der Waals surface area (Å²) in [4.78, 5) is 2.46. The van der Waals surface area contributed by atoms with Gasteiger partial charge in [0.25, 0.3) is 0 Å². The molecule has 0 spiro atoms. The number of nitrogens with zero attached hydrogens (tertiary/aromatic N) is 1. The van der Waals surface area contributed by atoms with E-state index in [0.717, 1.165) is 19.4 Å². The van der Waals surface area contributed by atoms with E-state index >= 15 is 0 Å². The van der Waals surface area contributed by atoms with Gasteiger partial charge in [0.15, 0.2) is 0 Å². The monoisotopic (exact) mass is 247 g/mol. The molecular formula is C10H18BrNO. The Balaban J connectivity index is 2.05. The van der Waals surface area contributed by atoms with E-state index in [1.807, 2.05) is 0 Å². The molecule has 0 unspecified atom stereocenters. The van der Waals surface area contributed by atoms with Crippen LogP contribution in [0.5, 0.6) is 0 Å². The number of rotatable bonds is 5. The Kier molecular flexibility index (Phi) is 5.67. The molecule has 2 nitrogen and oxygen atoms in total. The third-order valence-electron chi connectivity index (χ3n) is 2.32. The van der Waals surface area contributed by atoms with Crippen molar-refractivity contribution in [3.05, 3.63) is 10.6 Å². The highest BCUT2D eigenvalue weighted by atomic mass is 79.9. The molecule has 1 aliphatic rings. The quantitative estimate of drug-likeness (QED) is 0.753. The molecule has 0 amide bonds. The molecule has 0 saturated carbocycles. The van der Waals surface area contributed by atoms with Crippen molar-refractivity contribution >= 4 is 15.9 Å². The molecule has 0 bridgehead atoms. The summed E-state index contributed by atoms with van der Waals surface area (Å²) in [6, 6.07) is 0. The van der Waals surface area contributed by atoms with E-state index in [2.05, 4.69) is 26.9 Å². The Morgan fingerprint density at radius 2 is 2.23 bits per heavy atom. The van der Waals surface area contributed by atoms with Crippen LogP contribution in [0.25, 0.3) is 0 Å². The molecule has 0 saturated heterocycles. The molecule has 13 heavy (non-hydrogen) atoms. The maximum Gasteiger partial charge on any atom is 0.0431 e. The second-order valence-electron chi connectivity index (χ2n) is 3.50. The number of halogens is 1. The maximum atomic E-state index is 8.62. The van der Waals surface area contributed by atoms with Gasteiger partial charge in [0.05, 0.1) is 0 Å². The SMILES string of the molecule is OCCCCCN1CCC=C(Br)C1. The molecule has 0 aromatic rings. The van der Waals surface area contributed by atoms with Crippen LogP contribution in [0.3, 0.4) is 0 Å². The van der Waals surface area contributed by atoms with Crippen molar-refractivity contribution in [3.63, 3.8) is 0 Å². The summed E-state index contributed by atoms with van der Waals surface area (Å²) in [5, 5.41) is 8.62. The number of hydrogen-bond donors (Lipinski definition) is 1. The van der Waals surface area contributed by atoms with Crippen LogP contribution in [0, 0.1) is 0 Å². The van der Waals surface area contributed by atoms with Crippen LogP contribution in [-0.4, -0.2) is 36.2 Å². The first-order valence-corrected chi connectivity index (χ1v) is 5.80. The Labute approximate surface area is 88.7 Å². The van der Waals surface area contributed by atoms with Gasteiger partial charge >= 0.3 is 0 Å². The third-order valence-corrected chi connectivity index (χ3v) is 2.89. The molecular weight excluding hydrogens is 230 g/mol. The zero-order valence-electron chi connectivity index (χ0n) is 8.01. The zero-order chi connectivity index (χ0) is 9.52. The van der Waals surface area contributed by atoms with Crippen molar-refractivity contribution in [2.24, 2.45) is 0 Å². The predicted octanol–water partition coefficient (Wildman–Crippen LogP) is 2.13. The molecule has 1 heterocycles. The average molecular weight is 248 g/mol. The smallest absolute Gasteiger partial charge is 0.0431 e. The fraction of sp³-hybridized carbons (Fsp3) is 0.800. The first-order chi connectivity index (χ1) is 6.33. The molecule has 1 N–H and O–H groups in total. The fourth-order valence-corrected chi connectivity index (χ4v) is 2.16. The second kappa shape index (κ2) is 6.57. The molecule has 3 heteroatoms. The maximum absolute atomic E-state index is 8.62. The molecule has 76 valence electrons. The minimum absolute atomic E-state index is 0.337. The second-order valence-corrected chi connectivity index (χ2v) is 4.52. The van der Waals surface area contributed by atoms with E-state index in [1.54, 1.807) is 0 Å². The Morgan fingerprint density at radius 3 is 2.92 bits per heavy atom. The highest BCUT2D eigenvalue weighted by Crippen LogP contribution is 2.15. The Hall–Kier alpha value is 0.140. The van der Waals surface area contributed by atoms with Crippen LogP contribution < -0.4 is 0 Å². The van der Waals surface area contributed by atoms with Crippen molar-refractivity contribution in [2.45, 2.75) is 25.7 Å². The lowest BCUT2D eigenvalue weighted by molar-refractivity contribution is 0.263. The molecule has 1 aliphatic heterocycles. The van der Waals surface area contributed by atoms with Gasteiger partial charge in [0.2, 0.25) is 0 Å². The third kappa shape index (κ3) is 4.79. The van der Waals surface area contributed by atoms with Gasteiger partial charge in [-0.1, -0.05) is 22.0 Å². The predicted molar refractivity (Wildman–Crippen MR) is 59.0 cm³/mol. The van der Waals surface area contributed by atoms with Crippen molar-refractivity contribution in [1.82, 2.24) is 4.90 Å². The van der Waals surface area contributed by atoms with E-state index in [1.165, 1.54) is 30.4 Å². The van der Waals surface area contributed by atoms with E-state index in [-0.39, 0.29) is 0 Å². The van der Waals surface area contributed by atoms with E-state index in [9.17, 15) is 0 Å². The van der Waals surface area contributed by atoms with Crippen molar-refractivity contribution in [3.8, 4) is 0 Å². The Morgan fingerprint density at radius 1 is 1.38 bits per heavy atom. The van der Waals surface area contributed by atoms with Crippen molar-refractivity contribution in [1.29, 1.82) is 0 Å². The minimum Gasteiger partial charge on any atom is -0.396 e. The summed E-state index contributed by atoms with van der Waals surface area (Å²) in [6.07, 6.45) is 6.73.